The summed E-state index contributed by atoms with van der Waals surface area (Å²) in [6.45, 7) is 0.289. The number of carbonyl (C=O) groups is 1. The topological polar surface area (TPSA) is 108 Å². The third kappa shape index (κ3) is 4.51. The Balaban J connectivity index is 1.54. The molecule has 1 aliphatic rings. The number of nitriles is 1. The molecule has 0 fully saturated rings. The standard InChI is InChI=1S/C22H22N4O3S2/c23-12-16-14-6-2-4-9-18(14)31-20(16)25-19(28)13-30-22-24-17-8-3-1-7-15(17)21(29)26(22)10-5-11-27/h1,3,7-8,27H,2,4-6,9-11,13H2,(H,25,28). The SMILES string of the molecule is N#Cc1c(NC(=O)CSc2nc3ccccc3c(=O)n2CCCO)sc2c1CCCC2. The van der Waals surface area contributed by atoms with Gasteiger partial charge in [-0.3, -0.25) is 14.2 Å². The molecule has 0 unspecified atom stereocenters. The minimum atomic E-state index is -0.240. The van der Waals surface area contributed by atoms with E-state index in [1.807, 2.05) is 6.07 Å². The van der Waals surface area contributed by atoms with E-state index in [-0.39, 0.29) is 23.8 Å². The van der Waals surface area contributed by atoms with Crippen LogP contribution in [0.15, 0.2) is 34.2 Å². The summed E-state index contributed by atoms with van der Waals surface area (Å²) in [6, 6.07) is 9.35. The minimum absolute atomic E-state index is 0.0379. The maximum Gasteiger partial charge on any atom is 0.262 e. The van der Waals surface area contributed by atoms with Gasteiger partial charge in [-0.2, -0.15) is 5.26 Å². The van der Waals surface area contributed by atoms with Crippen LogP contribution in [0.5, 0.6) is 0 Å². The summed E-state index contributed by atoms with van der Waals surface area (Å²) in [5, 5.41) is 23.2. The van der Waals surface area contributed by atoms with Crippen LogP contribution in [-0.2, 0) is 24.2 Å². The number of aromatic nitrogens is 2. The quantitative estimate of drug-likeness (QED) is 0.419. The predicted octanol–water partition coefficient (Wildman–Crippen LogP) is 3.32. The van der Waals surface area contributed by atoms with Crippen LogP contribution in [0.3, 0.4) is 0 Å². The van der Waals surface area contributed by atoms with E-state index in [0.29, 0.717) is 39.6 Å². The summed E-state index contributed by atoms with van der Waals surface area (Å²) >= 11 is 2.67. The van der Waals surface area contributed by atoms with E-state index in [1.54, 1.807) is 18.2 Å². The predicted molar refractivity (Wildman–Crippen MR) is 123 cm³/mol. The molecule has 0 radical (unpaired) electrons. The fourth-order valence-electron chi connectivity index (χ4n) is 3.75. The van der Waals surface area contributed by atoms with Crippen molar-refractivity contribution in [2.75, 3.05) is 17.7 Å². The number of aliphatic hydroxyl groups excluding tert-OH is 1. The molecule has 0 atom stereocenters. The van der Waals surface area contributed by atoms with Crippen LogP contribution < -0.4 is 10.9 Å². The summed E-state index contributed by atoms with van der Waals surface area (Å²) in [6.07, 6.45) is 4.45. The minimum Gasteiger partial charge on any atom is -0.396 e. The number of hydrogen-bond acceptors (Lipinski definition) is 7. The van der Waals surface area contributed by atoms with Crippen LogP contribution in [0.1, 0.15) is 35.3 Å². The number of benzene rings is 1. The number of nitrogens with zero attached hydrogens (tertiary/aromatic N) is 3. The number of aryl methyl sites for hydroxylation is 1. The summed E-state index contributed by atoms with van der Waals surface area (Å²) < 4.78 is 1.51. The van der Waals surface area contributed by atoms with Crippen molar-refractivity contribution in [2.45, 2.75) is 43.8 Å². The molecule has 2 aromatic heterocycles. The first-order valence-electron chi connectivity index (χ1n) is 10.2. The number of thioether (sulfide) groups is 1. The second kappa shape index (κ2) is 9.64. The Labute approximate surface area is 187 Å². The number of carbonyl (C=O) groups excluding carboxylic acids is 1. The number of rotatable bonds is 7. The molecular weight excluding hydrogens is 432 g/mol. The van der Waals surface area contributed by atoms with Crippen molar-refractivity contribution >= 4 is 44.9 Å². The lowest BCUT2D eigenvalue weighted by Gasteiger charge is -2.12. The van der Waals surface area contributed by atoms with E-state index < -0.39 is 0 Å². The van der Waals surface area contributed by atoms with Gasteiger partial charge < -0.3 is 10.4 Å². The Bertz CT molecular complexity index is 1230. The average molecular weight is 455 g/mol. The Morgan fingerprint density at radius 2 is 2.13 bits per heavy atom. The van der Waals surface area contributed by atoms with Gasteiger partial charge in [-0.15, -0.1) is 11.3 Å². The maximum atomic E-state index is 12.9. The van der Waals surface area contributed by atoms with Gasteiger partial charge in [0.2, 0.25) is 5.91 Å². The van der Waals surface area contributed by atoms with Crippen LogP contribution in [0.25, 0.3) is 10.9 Å². The van der Waals surface area contributed by atoms with Crippen LogP contribution in [0.2, 0.25) is 0 Å². The smallest absolute Gasteiger partial charge is 0.262 e. The van der Waals surface area contributed by atoms with Crippen LogP contribution in [0, 0.1) is 11.3 Å². The summed E-state index contributed by atoms with van der Waals surface area (Å²) in [7, 11) is 0. The van der Waals surface area contributed by atoms with Gasteiger partial charge >= 0.3 is 0 Å². The largest absolute Gasteiger partial charge is 0.396 e. The van der Waals surface area contributed by atoms with Crippen molar-refractivity contribution in [2.24, 2.45) is 0 Å². The molecule has 3 aromatic rings. The average Bonchev–Trinajstić information content (AvgIpc) is 3.14. The molecule has 7 nitrogen and oxygen atoms in total. The van der Waals surface area contributed by atoms with Crippen molar-refractivity contribution in [3.05, 3.63) is 50.6 Å². The fraction of sp³-hybridized carbons (Fsp3) is 0.364. The highest BCUT2D eigenvalue weighted by Crippen LogP contribution is 2.37. The monoisotopic (exact) mass is 454 g/mol. The number of hydrogen-bond donors (Lipinski definition) is 2. The molecule has 1 amide bonds. The fourth-order valence-corrected chi connectivity index (χ4v) is 5.83. The zero-order valence-corrected chi connectivity index (χ0v) is 18.5. The van der Waals surface area contributed by atoms with Crippen molar-refractivity contribution < 1.29 is 9.90 Å². The first-order valence-corrected chi connectivity index (χ1v) is 12.0. The molecule has 2 heterocycles. The highest BCUT2D eigenvalue weighted by molar-refractivity contribution is 7.99. The zero-order valence-electron chi connectivity index (χ0n) is 16.9. The maximum absolute atomic E-state index is 12.9. The van der Waals surface area contributed by atoms with E-state index in [2.05, 4.69) is 16.4 Å². The molecule has 9 heteroatoms. The second-order valence-corrected chi connectivity index (χ2v) is 9.36. The van der Waals surface area contributed by atoms with Gasteiger partial charge in [-0.05, 0) is 49.8 Å². The Kier molecular flexibility index (Phi) is 6.70. The lowest BCUT2D eigenvalue weighted by atomic mass is 9.96. The molecule has 1 aliphatic carbocycles. The number of anilines is 1. The van der Waals surface area contributed by atoms with Gasteiger partial charge in [0.05, 0.1) is 22.2 Å². The lowest BCUT2D eigenvalue weighted by molar-refractivity contribution is -0.113. The summed E-state index contributed by atoms with van der Waals surface area (Å²) in [5.41, 5.74) is 2.06. The van der Waals surface area contributed by atoms with Crippen LogP contribution in [0.4, 0.5) is 5.00 Å². The van der Waals surface area contributed by atoms with Gasteiger partial charge in [-0.25, -0.2) is 4.98 Å². The number of fused-ring (bicyclic) bond motifs is 2. The third-order valence-electron chi connectivity index (χ3n) is 5.23. The molecular formula is C22H22N4O3S2. The summed E-state index contributed by atoms with van der Waals surface area (Å²) in [4.78, 5) is 31.3. The van der Waals surface area contributed by atoms with E-state index in [9.17, 15) is 20.0 Å². The molecule has 2 N–H and O–H groups in total. The summed E-state index contributed by atoms with van der Waals surface area (Å²) in [5.74, 6) is -0.173. The molecule has 160 valence electrons. The number of para-hydroxylation sites is 1. The molecule has 0 saturated carbocycles. The molecule has 0 bridgehead atoms. The number of thiophene rings is 1. The van der Waals surface area contributed by atoms with Crippen LogP contribution >= 0.6 is 23.1 Å². The number of amides is 1. The Hall–Kier alpha value is -2.67. The van der Waals surface area contributed by atoms with Crippen molar-refractivity contribution in [1.29, 1.82) is 5.26 Å². The third-order valence-corrected chi connectivity index (χ3v) is 7.42. The molecule has 1 aromatic carbocycles. The van der Waals surface area contributed by atoms with Crippen molar-refractivity contribution in [3.63, 3.8) is 0 Å². The number of aliphatic hydroxyl groups is 1. The molecule has 0 spiro atoms. The van der Waals surface area contributed by atoms with E-state index in [1.165, 1.54) is 32.5 Å². The first kappa shape index (κ1) is 21.6. The van der Waals surface area contributed by atoms with Crippen molar-refractivity contribution in [3.8, 4) is 6.07 Å². The highest BCUT2D eigenvalue weighted by Gasteiger charge is 2.22. The van der Waals surface area contributed by atoms with Gasteiger partial charge in [0, 0.05) is 18.0 Å². The Morgan fingerprint density at radius 3 is 2.94 bits per heavy atom. The zero-order chi connectivity index (χ0) is 21.8. The van der Waals surface area contributed by atoms with E-state index in [4.69, 9.17) is 0 Å². The second-order valence-electron chi connectivity index (χ2n) is 7.31. The normalized spacial score (nSPS) is 13.0. The van der Waals surface area contributed by atoms with Crippen molar-refractivity contribution in [1.82, 2.24) is 9.55 Å². The van der Waals surface area contributed by atoms with E-state index in [0.717, 1.165) is 31.2 Å². The molecule has 0 saturated heterocycles. The van der Waals surface area contributed by atoms with Gasteiger partial charge in [0.1, 0.15) is 11.1 Å². The Morgan fingerprint density at radius 1 is 1.32 bits per heavy atom. The first-order chi connectivity index (χ1) is 15.1. The number of nitrogens with one attached hydrogen (secondary N) is 1. The highest BCUT2D eigenvalue weighted by atomic mass is 32.2. The van der Waals surface area contributed by atoms with Gasteiger partial charge in [0.15, 0.2) is 5.16 Å². The van der Waals surface area contributed by atoms with E-state index >= 15 is 0 Å². The van der Waals surface area contributed by atoms with Gasteiger partial charge in [0.25, 0.3) is 5.56 Å². The molecule has 4 rings (SSSR count). The lowest BCUT2D eigenvalue weighted by Crippen LogP contribution is -2.24. The molecule has 31 heavy (non-hydrogen) atoms. The van der Waals surface area contributed by atoms with Crippen LogP contribution in [-0.4, -0.2) is 32.9 Å². The molecule has 0 aliphatic heterocycles. The van der Waals surface area contributed by atoms with Gasteiger partial charge in [-0.1, -0.05) is 23.9 Å².